The number of aryl methyl sites for hydroxylation is 1. The van der Waals surface area contributed by atoms with E-state index < -0.39 is 0 Å². The second-order valence-corrected chi connectivity index (χ2v) is 7.65. The summed E-state index contributed by atoms with van der Waals surface area (Å²) in [7, 11) is 1.79. The van der Waals surface area contributed by atoms with Crippen molar-refractivity contribution in [1.29, 1.82) is 0 Å². The molecule has 5 nitrogen and oxygen atoms in total. The lowest BCUT2D eigenvalue weighted by molar-refractivity contribution is 0.379. The molecule has 3 rings (SSSR count). The van der Waals surface area contributed by atoms with Crippen LogP contribution in [0.25, 0.3) is 0 Å². The Balaban J connectivity index is 0.00000243. The molecule has 142 valence electrons. The van der Waals surface area contributed by atoms with Crippen molar-refractivity contribution in [3.8, 4) is 0 Å². The van der Waals surface area contributed by atoms with Crippen molar-refractivity contribution in [3.63, 3.8) is 0 Å². The number of aliphatic imine (C=N–C) groups is 1. The summed E-state index contributed by atoms with van der Waals surface area (Å²) in [4.78, 5) is 8.69. The maximum atomic E-state index is 5.82. The third-order valence-electron chi connectivity index (χ3n) is 4.61. The van der Waals surface area contributed by atoms with Crippen LogP contribution < -0.4 is 10.6 Å². The Morgan fingerprint density at radius 2 is 2.00 bits per heavy atom. The fourth-order valence-corrected chi connectivity index (χ4v) is 3.11. The van der Waals surface area contributed by atoms with Gasteiger partial charge in [-0.1, -0.05) is 45.0 Å². The van der Waals surface area contributed by atoms with Gasteiger partial charge in [0.05, 0.1) is 12.7 Å². The van der Waals surface area contributed by atoms with E-state index in [2.05, 4.69) is 65.6 Å². The Kier molecular flexibility index (Phi) is 7.08. The first-order chi connectivity index (χ1) is 12.0. The van der Waals surface area contributed by atoms with Crippen molar-refractivity contribution in [2.24, 2.45) is 4.99 Å². The lowest BCUT2D eigenvalue weighted by Gasteiger charge is -2.26. The Morgan fingerprint density at radius 3 is 2.65 bits per heavy atom. The summed E-state index contributed by atoms with van der Waals surface area (Å²) in [5, 5.41) is 6.83. The van der Waals surface area contributed by atoms with Gasteiger partial charge >= 0.3 is 0 Å². The molecule has 0 radical (unpaired) electrons. The van der Waals surface area contributed by atoms with E-state index in [0.717, 1.165) is 31.0 Å². The molecule has 0 fully saturated rings. The molecule has 0 aliphatic heterocycles. The SMILES string of the molecule is CN=C(NCc1ncc(C(C)(C)C)o1)NC1CCc2ccccc2C1.I. The zero-order valence-corrected chi connectivity index (χ0v) is 18.3. The third-order valence-corrected chi connectivity index (χ3v) is 4.61. The molecule has 1 heterocycles. The van der Waals surface area contributed by atoms with Gasteiger partial charge in [-0.3, -0.25) is 4.99 Å². The Morgan fingerprint density at radius 1 is 1.27 bits per heavy atom. The van der Waals surface area contributed by atoms with Gasteiger partial charge in [-0.2, -0.15) is 0 Å². The van der Waals surface area contributed by atoms with E-state index in [1.807, 2.05) is 6.20 Å². The fraction of sp³-hybridized carbons (Fsp3) is 0.500. The molecule has 0 amide bonds. The summed E-state index contributed by atoms with van der Waals surface area (Å²) in [5.74, 6) is 2.37. The minimum absolute atomic E-state index is 0. The predicted molar refractivity (Wildman–Crippen MR) is 116 cm³/mol. The number of fused-ring (bicyclic) bond motifs is 1. The first-order valence-corrected chi connectivity index (χ1v) is 8.95. The number of guanidine groups is 1. The summed E-state index contributed by atoms with van der Waals surface area (Å²) in [6.07, 6.45) is 5.07. The molecule has 0 saturated heterocycles. The predicted octanol–water partition coefficient (Wildman–Crippen LogP) is 3.81. The van der Waals surface area contributed by atoms with Crippen molar-refractivity contribution < 1.29 is 4.42 Å². The van der Waals surface area contributed by atoms with Crippen molar-refractivity contribution in [3.05, 3.63) is 53.2 Å². The minimum atomic E-state index is -0.0271. The number of hydrogen-bond acceptors (Lipinski definition) is 3. The van der Waals surface area contributed by atoms with E-state index in [1.165, 1.54) is 11.1 Å². The van der Waals surface area contributed by atoms with Gasteiger partial charge < -0.3 is 15.1 Å². The van der Waals surface area contributed by atoms with Crippen LogP contribution in [0.15, 0.2) is 39.9 Å². The minimum Gasteiger partial charge on any atom is -0.443 e. The molecule has 2 N–H and O–H groups in total. The zero-order valence-electron chi connectivity index (χ0n) is 16.0. The molecule has 1 aliphatic carbocycles. The molecule has 1 atom stereocenters. The van der Waals surface area contributed by atoms with E-state index >= 15 is 0 Å². The molecule has 26 heavy (non-hydrogen) atoms. The van der Waals surface area contributed by atoms with Crippen LogP contribution >= 0.6 is 24.0 Å². The van der Waals surface area contributed by atoms with Crippen LogP contribution in [0.1, 0.15) is 50.0 Å². The quantitative estimate of drug-likeness (QED) is 0.409. The van der Waals surface area contributed by atoms with Gasteiger partial charge in [0, 0.05) is 18.5 Å². The summed E-state index contributed by atoms with van der Waals surface area (Å²) in [6.45, 7) is 6.88. The van der Waals surface area contributed by atoms with Crippen LogP contribution in [0, 0.1) is 0 Å². The lowest BCUT2D eigenvalue weighted by atomic mass is 9.88. The molecule has 0 spiro atoms. The highest BCUT2D eigenvalue weighted by atomic mass is 127. The van der Waals surface area contributed by atoms with E-state index in [1.54, 1.807) is 7.05 Å². The zero-order chi connectivity index (χ0) is 17.9. The highest BCUT2D eigenvalue weighted by molar-refractivity contribution is 14.0. The number of nitrogens with one attached hydrogen (secondary N) is 2. The van der Waals surface area contributed by atoms with Crippen LogP contribution in [-0.4, -0.2) is 24.0 Å². The van der Waals surface area contributed by atoms with Gasteiger partial charge in [-0.05, 0) is 30.4 Å². The molecule has 1 aliphatic rings. The molecular weight excluding hydrogens is 439 g/mol. The van der Waals surface area contributed by atoms with Gasteiger partial charge in [0.1, 0.15) is 5.76 Å². The molecular formula is C20H29IN4O. The van der Waals surface area contributed by atoms with Gasteiger partial charge in [-0.15, -0.1) is 24.0 Å². The van der Waals surface area contributed by atoms with Gasteiger partial charge in [0.25, 0.3) is 0 Å². The molecule has 0 bridgehead atoms. The van der Waals surface area contributed by atoms with Crippen molar-refractivity contribution in [1.82, 2.24) is 15.6 Å². The first-order valence-electron chi connectivity index (χ1n) is 8.95. The second-order valence-electron chi connectivity index (χ2n) is 7.65. The summed E-state index contributed by atoms with van der Waals surface area (Å²) >= 11 is 0. The van der Waals surface area contributed by atoms with E-state index in [9.17, 15) is 0 Å². The van der Waals surface area contributed by atoms with Crippen molar-refractivity contribution in [2.45, 2.75) is 58.0 Å². The van der Waals surface area contributed by atoms with Gasteiger partial charge in [0.2, 0.25) is 5.89 Å². The number of rotatable bonds is 3. The van der Waals surface area contributed by atoms with Crippen LogP contribution in [0.2, 0.25) is 0 Å². The number of hydrogen-bond donors (Lipinski definition) is 2. The number of halogens is 1. The average molecular weight is 468 g/mol. The Bertz CT molecular complexity index is 748. The van der Waals surface area contributed by atoms with Crippen LogP contribution in [-0.2, 0) is 24.8 Å². The number of benzene rings is 1. The lowest BCUT2D eigenvalue weighted by Crippen LogP contribution is -2.45. The van der Waals surface area contributed by atoms with E-state index in [4.69, 9.17) is 4.42 Å². The maximum Gasteiger partial charge on any atom is 0.213 e. The summed E-state index contributed by atoms with van der Waals surface area (Å²) in [6, 6.07) is 9.09. The normalized spacial score (nSPS) is 17.2. The smallest absolute Gasteiger partial charge is 0.213 e. The first kappa shape index (κ1) is 20.7. The molecule has 0 saturated carbocycles. The third kappa shape index (κ3) is 5.22. The number of oxazole rings is 1. The van der Waals surface area contributed by atoms with Crippen LogP contribution in [0.4, 0.5) is 0 Å². The van der Waals surface area contributed by atoms with Crippen molar-refractivity contribution >= 4 is 29.9 Å². The Hall–Kier alpha value is -1.57. The van der Waals surface area contributed by atoms with Gasteiger partial charge in [-0.25, -0.2) is 4.98 Å². The molecule has 1 unspecified atom stereocenters. The maximum absolute atomic E-state index is 5.82. The monoisotopic (exact) mass is 468 g/mol. The van der Waals surface area contributed by atoms with Crippen molar-refractivity contribution in [2.75, 3.05) is 7.05 Å². The topological polar surface area (TPSA) is 62.5 Å². The second kappa shape index (κ2) is 8.88. The molecule has 1 aromatic heterocycles. The summed E-state index contributed by atoms with van der Waals surface area (Å²) in [5.41, 5.74) is 2.88. The Labute approximate surface area is 173 Å². The highest BCUT2D eigenvalue weighted by Crippen LogP contribution is 2.23. The largest absolute Gasteiger partial charge is 0.443 e. The van der Waals surface area contributed by atoms with Crippen LogP contribution in [0.3, 0.4) is 0 Å². The molecule has 2 aromatic rings. The van der Waals surface area contributed by atoms with E-state index in [-0.39, 0.29) is 29.4 Å². The summed E-state index contributed by atoms with van der Waals surface area (Å²) < 4.78 is 5.82. The van der Waals surface area contributed by atoms with Crippen LogP contribution in [0.5, 0.6) is 0 Å². The number of aromatic nitrogens is 1. The molecule has 6 heteroatoms. The highest BCUT2D eigenvalue weighted by Gasteiger charge is 2.20. The average Bonchev–Trinajstić information content (AvgIpc) is 3.08. The van der Waals surface area contributed by atoms with Gasteiger partial charge in [0.15, 0.2) is 5.96 Å². The number of nitrogens with zero attached hydrogens (tertiary/aromatic N) is 2. The standard InChI is InChI=1S/C20H28N4O.HI/c1-20(2,3)17-12-22-18(25-17)13-23-19(21-4)24-16-10-9-14-7-5-6-8-15(14)11-16;/h5-8,12,16H,9-11,13H2,1-4H3,(H2,21,23,24);1H. The fourth-order valence-electron chi connectivity index (χ4n) is 3.11. The van der Waals surface area contributed by atoms with E-state index in [0.29, 0.717) is 18.5 Å². The molecule has 1 aromatic carbocycles.